The second kappa shape index (κ2) is 5.88. The van der Waals surface area contributed by atoms with Gasteiger partial charge in [0.2, 0.25) is 0 Å². The van der Waals surface area contributed by atoms with E-state index in [1.54, 1.807) is 0 Å². The van der Waals surface area contributed by atoms with E-state index in [0.717, 1.165) is 53.9 Å². The Morgan fingerprint density at radius 3 is 2.17 bits per heavy atom. The van der Waals surface area contributed by atoms with E-state index in [9.17, 15) is 9.90 Å². The molecule has 0 heterocycles. The van der Waals surface area contributed by atoms with E-state index in [2.05, 4.69) is 6.08 Å². The highest BCUT2D eigenvalue weighted by molar-refractivity contribution is 5.87. The summed E-state index contributed by atoms with van der Waals surface area (Å²) in [4.78, 5) is 11.5. The summed E-state index contributed by atoms with van der Waals surface area (Å²) in [6, 6.07) is 0. The molecule has 5 rings (SSSR count). The van der Waals surface area contributed by atoms with E-state index in [1.807, 2.05) is 0 Å². The Kier molecular flexibility index (Phi) is 3.79. The lowest BCUT2D eigenvalue weighted by Gasteiger charge is -2.56. The standard InChI is InChI=1S/C22H32O2/c23-22(24)21-12-11-19-18-8-7-15-14-4-2-1-3-13(14)5-6-16(15)17(18)9-10-20(19)21/h12-20H,1-11H2,(H,23,24). The molecule has 8 unspecified atom stereocenters. The predicted molar refractivity (Wildman–Crippen MR) is 94.4 cm³/mol. The third-order valence-electron chi connectivity index (χ3n) is 9.01. The Labute approximate surface area is 146 Å². The van der Waals surface area contributed by atoms with Gasteiger partial charge in [0.05, 0.1) is 0 Å². The summed E-state index contributed by atoms with van der Waals surface area (Å²) in [5, 5.41) is 9.50. The van der Waals surface area contributed by atoms with Crippen LogP contribution in [0.25, 0.3) is 0 Å². The molecule has 5 aliphatic carbocycles. The lowest BCUT2D eigenvalue weighted by molar-refractivity contribution is -0.134. The molecule has 0 aromatic heterocycles. The first-order chi connectivity index (χ1) is 11.7. The number of allylic oxidation sites excluding steroid dienone is 1. The molecule has 0 amide bonds. The van der Waals surface area contributed by atoms with Gasteiger partial charge in [0.15, 0.2) is 0 Å². The average molecular weight is 328 g/mol. The molecule has 2 heteroatoms. The zero-order valence-electron chi connectivity index (χ0n) is 14.8. The van der Waals surface area contributed by atoms with Crippen LogP contribution in [0.5, 0.6) is 0 Å². The zero-order valence-corrected chi connectivity index (χ0v) is 14.8. The van der Waals surface area contributed by atoms with Gasteiger partial charge in [-0.05, 0) is 98.7 Å². The number of carbonyl (C=O) groups is 1. The average Bonchev–Trinajstić information content (AvgIpc) is 3.05. The van der Waals surface area contributed by atoms with Gasteiger partial charge < -0.3 is 5.11 Å². The largest absolute Gasteiger partial charge is 0.478 e. The molecule has 5 aliphatic rings. The van der Waals surface area contributed by atoms with Crippen LogP contribution in [-0.4, -0.2) is 11.1 Å². The molecule has 4 saturated carbocycles. The maximum absolute atomic E-state index is 11.5. The smallest absolute Gasteiger partial charge is 0.331 e. The van der Waals surface area contributed by atoms with Crippen LogP contribution in [0.1, 0.15) is 70.6 Å². The highest BCUT2D eigenvalue weighted by Crippen LogP contribution is 2.60. The molecular formula is C22H32O2. The summed E-state index contributed by atoms with van der Waals surface area (Å²) in [6.07, 6.45) is 17.4. The van der Waals surface area contributed by atoms with Gasteiger partial charge in [-0.2, -0.15) is 0 Å². The number of aliphatic carboxylic acids is 1. The molecule has 0 saturated heterocycles. The molecule has 0 radical (unpaired) electrons. The molecule has 2 nitrogen and oxygen atoms in total. The van der Waals surface area contributed by atoms with Crippen molar-refractivity contribution >= 4 is 5.97 Å². The fraction of sp³-hybridized carbons (Fsp3) is 0.864. The predicted octanol–water partition coefficient (Wildman–Crippen LogP) is 5.29. The molecule has 0 bridgehead atoms. The number of rotatable bonds is 1. The second-order valence-corrected chi connectivity index (χ2v) is 9.57. The molecule has 4 fully saturated rings. The van der Waals surface area contributed by atoms with Crippen molar-refractivity contribution in [3.05, 3.63) is 11.6 Å². The Morgan fingerprint density at radius 2 is 1.38 bits per heavy atom. The van der Waals surface area contributed by atoms with Gasteiger partial charge in [-0.15, -0.1) is 0 Å². The Bertz CT molecular complexity index is 550. The fourth-order valence-corrected chi connectivity index (χ4v) is 8.20. The van der Waals surface area contributed by atoms with Gasteiger partial charge in [-0.3, -0.25) is 0 Å². The third-order valence-corrected chi connectivity index (χ3v) is 9.01. The zero-order chi connectivity index (χ0) is 16.3. The van der Waals surface area contributed by atoms with Crippen LogP contribution in [0.2, 0.25) is 0 Å². The summed E-state index contributed by atoms with van der Waals surface area (Å²) < 4.78 is 0. The second-order valence-electron chi connectivity index (χ2n) is 9.57. The topological polar surface area (TPSA) is 37.3 Å². The van der Waals surface area contributed by atoms with Gasteiger partial charge in [-0.1, -0.05) is 25.3 Å². The van der Waals surface area contributed by atoms with Crippen molar-refractivity contribution in [3.8, 4) is 0 Å². The van der Waals surface area contributed by atoms with E-state index in [1.165, 1.54) is 57.8 Å². The molecule has 1 N–H and O–H groups in total. The number of carboxylic acids is 1. The fourth-order valence-electron chi connectivity index (χ4n) is 8.20. The quantitative estimate of drug-likeness (QED) is 0.710. The van der Waals surface area contributed by atoms with Crippen LogP contribution in [0.4, 0.5) is 0 Å². The minimum atomic E-state index is -0.641. The molecular weight excluding hydrogens is 296 g/mol. The lowest BCUT2D eigenvalue weighted by atomic mass is 9.49. The van der Waals surface area contributed by atoms with Gasteiger partial charge in [0, 0.05) is 5.57 Å². The monoisotopic (exact) mass is 328 g/mol. The van der Waals surface area contributed by atoms with Crippen LogP contribution < -0.4 is 0 Å². The molecule has 0 aromatic carbocycles. The van der Waals surface area contributed by atoms with Crippen LogP contribution in [0.3, 0.4) is 0 Å². The Hall–Kier alpha value is -0.790. The van der Waals surface area contributed by atoms with Crippen molar-refractivity contribution < 1.29 is 9.90 Å². The van der Waals surface area contributed by atoms with E-state index < -0.39 is 5.97 Å². The van der Waals surface area contributed by atoms with E-state index in [4.69, 9.17) is 0 Å². The highest BCUT2D eigenvalue weighted by atomic mass is 16.4. The van der Waals surface area contributed by atoms with Crippen LogP contribution >= 0.6 is 0 Å². The van der Waals surface area contributed by atoms with Crippen molar-refractivity contribution in [1.82, 2.24) is 0 Å². The number of hydrogen-bond acceptors (Lipinski definition) is 1. The Morgan fingerprint density at radius 1 is 0.750 bits per heavy atom. The van der Waals surface area contributed by atoms with Crippen LogP contribution in [-0.2, 0) is 4.79 Å². The van der Waals surface area contributed by atoms with Crippen molar-refractivity contribution in [3.63, 3.8) is 0 Å². The molecule has 0 aliphatic heterocycles. The van der Waals surface area contributed by atoms with Gasteiger partial charge in [-0.25, -0.2) is 4.79 Å². The molecule has 8 atom stereocenters. The maximum atomic E-state index is 11.5. The summed E-state index contributed by atoms with van der Waals surface area (Å²) >= 11 is 0. The molecule has 24 heavy (non-hydrogen) atoms. The minimum Gasteiger partial charge on any atom is -0.478 e. The van der Waals surface area contributed by atoms with E-state index in [-0.39, 0.29) is 0 Å². The first-order valence-corrected chi connectivity index (χ1v) is 10.7. The highest BCUT2D eigenvalue weighted by Gasteiger charge is 2.53. The van der Waals surface area contributed by atoms with Crippen molar-refractivity contribution in [2.45, 2.75) is 70.6 Å². The summed E-state index contributed by atoms with van der Waals surface area (Å²) in [5.41, 5.74) is 0.761. The van der Waals surface area contributed by atoms with Crippen molar-refractivity contribution in [2.24, 2.45) is 47.3 Å². The van der Waals surface area contributed by atoms with Crippen molar-refractivity contribution in [1.29, 1.82) is 0 Å². The lowest BCUT2D eigenvalue weighted by Crippen LogP contribution is -2.48. The number of carboxylic acid groups (broad SMARTS) is 1. The first kappa shape index (κ1) is 15.5. The Balaban J connectivity index is 1.35. The summed E-state index contributed by atoms with van der Waals surface area (Å²) in [6.45, 7) is 0. The van der Waals surface area contributed by atoms with Gasteiger partial charge in [0.25, 0.3) is 0 Å². The SMILES string of the molecule is O=C(O)C1=CCC2C1CCC1C2CCC2C3CCCCC3CCC21. The first-order valence-electron chi connectivity index (χ1n) is 10.7. The number of hydrogen-bond donors (Lipinski definition) is 1. The third kappa shape index (κ3) is 2.24. The minimum absolute atomic E-state index is 0.381. The van der Waals surface area contributed by atoms with Crippen LogP contribution in [0.15, 0.2) is 11.6 Å². The molecule has 0 spiro atoms. The van der Waals surface area contributed by atoms with Gasteiger partial charge in [0.1, 0.15) is 0 Å². The molecule has 0 aromatic rings. The molecule has 132 valence electrons. The normalized spacial score (nSPS) is 50.1. The van der Waals surface area contributed by atoms with Crippen LogP contribution in [0, 0.1) is 47.3 Å². The summed E-state index contributed by atoms with van der Waals surface area (Å²) in [5.74, 6) is 6.27. The number of fused-ring (bicyclic) bond motifs is 7. The van der Waals surface area contributed by atoms with E-state index in [0.29, 0.717) is 11.8 Å². The summed E-state index contributed by atoms with van der Waals surface area (Å²) in [7, 11) is 0. The maximum Gasteiger partial charge on any atom is 0.331 e. The van der Waals surface area contributed by atoms with Gasteiger partial charge >= 0.3 is 5.97 Å². The van der Waals surface area contributed by atoms with Crippen molar-refractivity contribution in [2.75, 3.05) is 0 Å². The van der Waals surface area contributed by atoms with E-state index >= 15 is 0 Å².